The minimum absolute atomic E-state index is 0.0370. The van der Waals surface area contributed by atoms with E-state index in [1.54, 1.807) is 56.9 Å². The van der Waals surface area contributed by atoms with Crippen LogP contribution in [0, 0.1) is 0 Å². The number of benzene rings is 8. The average molecular weight is 1010 g/mol. The highest BCUT2D eigenvalue weighted by molar-refractivity contribution is 6.03. The lowest BCUT2D eigenvalue weighted by atomic mass is 9.75. The summed E-state index contributed by atoms with van der Waals surface area (Å²) in [5, 5.41) is 0. The lowest BCUT2D eigenvalue weighted by Crippen LogP contribution is -2.11. The molecule has 8 bridgehead atoms. The number of methoxy groups -OCH3 is 8. The van der Waals surface area contributed by atoms with Gasteiger partial charge in [0.1, 0.15) is 0 Å². The van der Waals surface area contributed by atoms with E-state index in [0.29, 0.717) is 46.0 Å². The largest absolute Gasteiger partial charge is 0.493 e. The monoisotopic (exact) mass is 1010 g/mol. The molecule has 0 heterocycles. The van der Waals surface area contributed by atoms with Gasteiger partial charge in [0.15, 0.2) is 46.0 Å². The predicted molar refractivity (Wildman–Crippen MR) is 304 cm³/mol. The molecule has 5 aliphatic carbocycles. The van der Waals surface area contributed by atoms with E-state index >= 15 is 0 Å². The third-order valence-electron chi connectivity index (χ3n) is 17.9. The molecule has 0 fully saturated rings. The van der Waals surface area contributed by atoms with E-state index in [1.807, 2.05) is 0 Å². The Kier molecular flexibility index (Phi) is 11.3. The van der Waals surface area contributed by atoms with Gasteiger partial charge in [-0.15, -0.1) is 0 Å². The van der Waals surface area contributed by atoms with Crippen molar-refractivity contribution in [1.82, 2.24) is 0 Å². The topological polar surface area (TPSA) is 73.8 Å². The lowest BCUT2D eigenvalue weighted by Gasteiger charge is -2.28. The van der Waals surface area contributed by atoms with E-state index < -0.39 is 0 Å². The Hall–Kier alpha value is -7.84. The highest BCUT2D eigenvalue weighted by Crippen LogP contribution is 2.62. The van der Waals surface area contributed by atoms with E-state index in [4.69, 9.17) is 37.9 Å². The summed E-state index contributed by atoms with van der Waals surface area (Å²) < 4.78 is 49.6. The first-order chi connectivity index (χ1) is 37.1. The normalized spacial score (nSPS) is 16.9. The first kappa shape index (κ1) is 47.8. The van der Waals surface area contributed by atoms with Gasteiger partial charge in [-0.25, -0.2) is 0 Å². The molecule has 0 atom stereocenters. The summed E-state index contributed by atoms with van der Waals surface area (Å²) in [5.74, 6) is 5.61. The minimum Gasteiger partial charge on any atom is -0.493 e. The Morgan fingerprint density at radius 3 is 0.434 bits per heavy atom. The fourth-order valence-electron chi connectivity index (χ4n) is 14.4. The van der Waals surface area contributed by atoms with Crippen molar-refractivity contribution in [3.8, 4) is 135 Å². The van der Waals surface area contributed by atoms with Gasteiger partial charge in [-0.3, -0.25) is 0 Å². The molecule has 0 saturated carbocycles. The van der Waals surface area contributed by atoms with Gasteiger partial charge >= 0.3 is 0 Å². The summed E-state index contributed by atoms with van der Waals surface area (Å²) in [6, 6.07) is 38.0. The van der Waals surface area contributed by atoms with Crippen LogP contribution in [0.5, 0.6) is 46.0 Å². The zero-order valence-electron chi connectivity index (χ0n) is 45.6. The highest BCUT2D eigenvalue weighted by Gasteiger charge is 2.40. The molecule has 0 spiro atoms. The highest BCUT2D eigenvalue weighted by atomic mass is 16.5. The van der Waals surface area contributed by atoms with Crippen LogP contribution in [0.4, 0.5) is 0 Å². The summed E-state index contributed by atoms with van der Waals surface area (Å²) in [4.78, 5) is 0. The van der Waals surface area contributed by atoms with Crippen LogP contribution in [-0.4, -0.2) is 56.9 Å². The predicted octanol–water partition coefficient (Wildman–Crippen LogP) is 16.8. The molecule has 384 valence electrons. The van der Waals surface area contributed by atoms with E-state index in [0.717, 1.165) is 70.2 Å². The van der Waals surface area contributed by atoms with Crippen molar-refractivity contribution in [3.63, 3.8) is 0 Å². The van der Waals surface area contributed by atoms with Crippen molar-refractivity contribution >= 4 is 0 Å². The van der Waals surface area contributed by atoms with Gasteiger partial charge in [0.25, 0.3) is 0 Å². The molecule has 0 amide bonds. The molecule has 0 saturated heterocycles. The first-order valence-corrected chi connectivity index (χ1v) is 26.9. The molecule has 0 unspecified atom stereocenters. The first-order valence-electron chi connectivity index (χ1n) is 26.9. The van der Waals surface area contributed by atoms with Crippen molar-refractivity contribution in [3.05, 3.63) is 142 Å². The fraction of sp³-hybridized carbons (Fsp3) is 0.294. The molecule has 0 aliphatic heterocycles. The van der Waals surface area contributed by atoms with Crippen LogP contribution in [0.25, 0.3) is 89.0 Å². The summed E-state index contributed by atoms with van der Waals surface area (Å²) in [6.07, 6.45) is 3.53. The maximum atomic E-state index is 6.20. The van der Waals surface area contributed by atoms with Gasteiger partial charge in [0.2, 0.25) is 0 Å². The Bertz CT molecular complexity index is 3080. The van der Waals surface area contributed by atoms with Crippen LogP contribution in [0.3, 0.4) is 0 Å². The smallest absolute Gasteiger partial charge is 0.161 e. The van der Waals surface area contributed by atoms with Crippen LogP contribution in [0.2, 0.25) is 0 Å². The van der Waals surface area contributed by atoms with E-state index in [-0.39, 0.29) is 23.7 Å². The Morgan fingerprint density at radius 1 is 0.197 bits per heavy atom. The molecule has 13 rings (SSSR count). The lowest BCUT2D eigenvalue weighted by molar-refractivity contribution is 0.355. The van der Waals surface area contributed by atoms with Crippen LogP contribution in [0.1, 0.15) is 122 Å². The fourth-order valence-corrected chi connectivity index (χ4v) is 14.4. The molecular weight excluding hydrogens is 945 g/mol. The van der Waals surface area contributed by atoms with Gasteiger partial charge in [-0.2, -0.15) is 0 Å². The Balaban J connectivity index is 1.31. The van der Waals surface area contributed by atoms with Crippen molar-refractivity contribution in [2.45, 2.75) is 77.0 Å². The summed E-state index contributed by atoms with van der Waals surface area (Å²) >= 11 is 0. The second-order valence-electron chi connectivity index (χ2n) is 21.0. The third kappa shape index (κ3) is 6.48. The van der Waals surface area contributed by atoms with Crippen molar-refractivity contribution in [1.29, 1.82) is 0 Å². The number of hydrogen-bond donors (Lipinski definition) is 0. The SMILES string of the molecule is CCC1c2cc3c4cc2-c2cc(OC)c(OC)cc2-c2cc5c(cc21)C(CC)c1cc2c(cc1-c1cc(OC)c(OC)cc1-5)-c1cc(OC)c(OC)cc1-c1cc(c(cc1C2CC)C3CC)-c1cc(OC)c(OC)cc1-4. The summed E-state index contributed by atoms with van der Waals surface area (Å²) in [6.45, 7) is 9.42. The van der Waals surface area contributed by atoms with E-state index in [9.17, 15) is 0 Å². The Labute approximate surface area is 446 Å². The van der Waals surface area contributed by atoms with Gasteiger partial charge in [-0.1, -0.05) is 52.0 Å². The zero-order chi connectivity index (χ0) is 52.6. The van der Waals surface area contributed by atoms with Gasteiger partial charge in [0, 0.05) is 23.7 Å². The molecule has 8 aromatic rings. The molecule has 8 aromatic carbocycles. The van der Waals surface area contributed by atoms with Gasteiger partial charge in [-0.05, 0) is 232 Å². The van der Waals surface area contributed by atoms with Crippen molar-refractivity contribution < 1.29 is 37.9 Å². The quantitative estimate of drug-likeness (QED) is 0.120. The molecule has 5 aliphatic rings. The number of hydrogen-bond acceptors (Lipinski definition) is 8. The molecular formula is C68H64O8. The maximum Gasteiger partial charge on any atom is 0.161 e. The third-order valence-corrected chi connectivity index (χ3v) is 17.9. The van der Waals surface area contributed by atoms with Gasteiger partial charge < -0.3 is 37.9 Å². The number of rotatable bonds is 12. The molecule has 0 N–H and O–H groups in total. The number of fused-ring (bicyclic) bond motifs is 12. The second-order valence-corrected chi connectivity index (χ2v) is 21.0. The van der Waals surface area contributed by atoms with Crippen molar-refractivity contribution in [2.24, 2.45) is 0 Å². The second kappa shape index (κ2) is 17.9. The number of ether oxygens (including phenoxy) is 8. The van der Waals surface area contributed by atoms with Gasteiger partial charge in [0.05, 0.1) is 56.9 Å². The van der Waals surface area contributed by atoms with E-state index in [2.05, 4.69) is 125 Å². The maximum absolute atomic E-state index is 6.20. The average Bonchev–Trinajstić information content (AvgIpc) is 3.86. The van der Waals surface area contributed by atoms with Crippen LogP contribution >= 0.6 is 0 Å². The molecule has 8 nitrogen and oxygen atoms in total. The van der Waals surface area contributed by atoms with Crippen LogP contribution < -0.4 is 37.9 Å². The Morgan fingerprint density at radius 2 is 0.329 bits per heavy atom. The minimum atomic E-state index is 0.0370. The standard InChI is InChI=1S/C68H64O8/c1-13-33-37-17-39-34(14-2)41-19-43-36(16-4)44-20-42-35(15-3)40-18-38(33)46-22-48(40)56-28-64(72-8)66(74-10)30-58(56)50(42)24-52(44)60-32-68(76-12)67(75-11)31-59(60)51(43)23-49(41)57-29-65(73-9)63(71-7)27-55(57)47(39)21-45(37)53-25-61(69-5)62(70-6)26-54(46)53/h17-36H,13-16H2,1-12H3. The molecule has 0 aromatic heterocycles. The molecule has 0 radical (unpaired) electrons. The molecule has 8 heteroatoms. The van der Waals surface area contributed by atoms with Crippen LogP contribution in [-0.2, 0) is 0 Å². The summed E-state index contributed by atoms with van der Waals surface area (Å²) in [5.41, 5.74) is 28.6. The van der Waals surface area contributed by atoms with E-state index in [1.165, 1.54) is 89.0 Å². The zero-order valence-corrected chi connectivity index (χ0v) is 45.6. The van der Waals surface area contributed by atoms with Crippen molar-refractivity contribution in [2.75, 3.05) is 56.9 Å². The molecule has 76 heavy (non-hydrogen) atoms. The van der Waals surface area contributed by atoms with Crippen LogP contribution in [0.15, 0.2) is 97.1 Å². The summed E-state index contributed by atoms with van der Waals surface area (Å²) in [7, 11) is 13.9.